The maximum atomic E-state index is 11.8. The number of likely N-dealkylation sites (tertiary alicyclic amines) is 2. The number of anilines is 1. The van der Waals surface area contributed by atoms with Gasteiger partial charge in [-0.25, -0.2) is 9.97 Å². The number of amides is 1. The van der Waals surface area contributed by atoms with Crippen molar-refractivity contribution >= 4 is 11.7 Å². The lowest BCUT2D eigenvalue weighted by atomic mass is 9.94. The number of piperidine rings is 1. The van der Waals surface area contributed by atoms with Crippen molar-refractivity contribution in [3.63, 3.8) is 0 Å². The summed E-state index contributed by atoms with van der Waals surface area (Å²) in [5.41, 5.74) is 1.17. The van der Waals surface area contributed by atoms with E-state index >= 15 is 0 Å². The molecule has 7 heteroatoms. The smallest absolute Gasteiger partial charge is 0.222 e. The van der Waals surface area contributed by atoms with Crippen LogP contribution < -0.4 is 4.90 Å². The number of hydrogen-bond donors (Lipinski definition) is 0. The molecule has 0 bridgehead atoms. The van der Waals surface area contributed by atoms with Crippen LogP contribution in [0.25, 0.3) is 0 Å². The minimum absolute atomic E-state index is 0.324. The molecule has 0 spiro atoms. The number of rotatable bonds is 5. The summed E-state index contributed by atoms with van der Waals surface area (Å²) in [6, 6.07) is 2.19. The van der Waals surface area contributed by atoms with E-state index in [1.807, 2.05) is 11.8 Å². The van der Waals surface area contributed by atoms with Gasteiger partial charge < -0.3 is 19.4 Å². The van der Waals surface area contributed by atoms with E-state index in [2.05, 4.69) is 20.9 Å². The monoisotopic (exact) mass is 373 g/mol. The van der Waals surface area contributed by atoms with Crippen molar-refractivity contribution in [3.8, 4) is 0 Å². The number of morpholine rings is 1. The standard InChI is InChI=1S/C20H31N5O2/c1-16-21-18(14-19(22-16)24-10-12-27-13-11-24)17-4-2-6-23(15-17)8-9-25-7-3-5-20(25)26/h14,17H,2-13,15H2,1H3/t17-/m1/s1. The maximum absolute atomic E-state index is 11.8. The lowest BCUT2D eigenvalue weighted by molar-refractivity contribution is -0.127. The van der Waals surface area contributed by atoms with Crippen molar-refractivity contribution in [2.45, 2.75) is 38.5 Å². The molecule has 4 heterocycles. The Morgan fingerprint density at radius 2 is 1.96 bits per heavy atom. The van der Waals surface area contributed by atoms with Crippen LogP contribution in [0.3, 0.4) is 0 Å². The van der Waals surface area contributed by atoms with Crippen LogP contribution in [0.4, 0.5) is 5.82 Å². The van der Waals surface area contributed by atoms with E-state index in [0.29, 0.717) is 11.8 Å². The minimum atomic E-state index is 0.324. The fourth-order valence-corrected chi connectivity index (χ4v) is 4.44. The second kappa shape index (κ2) is 8.52. The topological polar surface area (TPSA) is 61.8 Å². The van der Waals surface area contributed by atoms with Crippen LogP contribution in [0.2, 0.25) is 0 Å². The van der Waals surface area contributed by atoms with Gasteiger partial charge in [-0.3, -0.25) is 4.79 Å². The van der Waals surface area contributed by atoms with Crippen LogP contribution in [-0.4, -0.2) is 84.7 Å². The third kappa shape index (κ3) is 4.58. The first-order chi connectivity index (χ1) is 13.2. The SMILES string of the molecule is Cc1nc([C@@H]2CCCN(CCN3CCCC3=O)C2)cc(N2CCOCC2)n1. The molecule has 1 atom stereocenters. The van der Waals surface area contributed by atoms with E-state index in [4.69, 9.17) is 9.72 Å². The molecule has 0 saturated carbocycles. The van der Waals surface area contributed by atoms with Gasteiger partial charge in [0, 0.05) is 57.7 Å². The van der Waals surface area contributed by atoms with Gasteiger partial charge in [0.15, 0.2) is 0 Å². The Morgan fingerprint density at radius 1 is 1.11 bits per heavy atom. The summed E-state index contributed by atoms with van der Waals surface area (Å²) in [5.74, 6) is 2.68. The summed E-state index contributed by atoms with van der Waals surface area (Å²) < 4.78 is 5.47. The van der Waals surface area contributed by atoms with Gasteiger partial charge in [-0.1, -0.05) is 0 Å². The van der Waals surface area contributed by atoms with Crippen molar-refractivity contribution in [2.24, 2.45) is 0 Å². The van der Waals surface area contributed by atoms with Crippen LogP contribution in [0.15, 0.2) is 6.07 Å². The van der Waals surface area contributed by atoms with E-state index in [1.54, 1.807) is 0 Å². The molecule has 4 rings (SSSR count). The predicted octanol–water partition coefficient (Wildman–Crippen LogP) is 1.42. The molecule has 3 saturated heterocycles. The van der Waals surface area contributed by atoms with Gasteiger partial charge >= 0.3 is 0 Å². The van der Waals surface area contributed by atoms with E-state index in [9.17, 15) is 4.79 Å². The van der Waals surface area contributed by atoms with Crippen LogP contribution in [0, 0.1) is 6.92 Å². The Bertz CT molecular complexity index is 662. The first kappa shape index (κ1) is 18.6. The van der Waals surface area contributed by atoms with E-state index in [1.165, 1.54) is 18.5 Å². The molecule has 3 fully saturated rings. The number of ether oxygens (including phenoxy) is 1. The Hall–Kier alpha value is -1.73. The molecule has 27 heavy (non-hydrogen) atoms. The van der Waals surface area contributed by atoms with Gasteiger partial charge in [-0.2, -0.15) is 0 Å². The predicted molar refractivity (Wildman–Crippen MR) is 104 cm³/mol. The molecule has 0 unspecified atom stereocenters. The molecule has 1 aromatic rings. The average Bonchev–Trinajstić information content (AvgIpc) is 3.12. The third-order valence-corrected chi connectivity index (χ3v) is 5.96. The summed E-state index contributed by atoms with van der Waals surface area (Å²) >= 11 is 0. The zero-order chi connectivity index (χ0) is 18.6. The molecule has 3 aliphatic heterocycles. The highest BCUT2D eigenvalue weighted by molar-refractivity contribution is 5.78. The highest BCUT2D eigenvalue weighted by Crippen LogP contribution is 2.28. The second-order valence-electron chi connectivity index (χ2n) is 7.92. The van der Waals surface area contributed by atoms with Gasteiger partial charge in [0.25, 0.3) is 0 Å². The molecule has 1 amide bonds. The lowest BCUT2D eigenvalue weighted by Crippen LogP contribution is -2.41. The molecule has 1 aromatic heterocycles. The maximum Gasteiger partial charge on any atom is 0.222 e. The second-order valence-corrected chi connectivity index (χ2v) is 7.92. The van der Waals surface area contributed by atoms with E-state index < -0.39 is 0 Å². The van der Waals surface area contributed by atoms with Gasteiger partial charge in [-0.15, -0.1) is 0 Å². The fraction of sp³-hybridized carbons (Fsp3) is 0.750. The number of aromatic nitrogens is 2. The molecule has 0 aromatic carbocycles. The fourth-order valence-electron chi connectivity index (χ4n) is 4.44. The average molecular weight is 374 g/mol. The Balaban J connectivity index is 1.40. The van der Waals surface area contributed by atoms with Crippen LogP contribution in [0.1, 0.15) is 43.1 Å². The zero-order valence-corrected chi connectivity index (χ0v) is 16.4. The van der Waals surface area contributed by atoms with Crippen molar-refractivity contribution in [1.82, 2.24) is 19.8 Å². The van der Waals surface area contributed by atoms with Gasteiger partial charge in [0.05, 0.1) is 18.9 Å². The van der Waals surface area contributed by atoms with Gasteiger partial charge in [0.1, 0.15) is 11.6 Å². The molecular formula is C20H31N5O2. The van der Waals surface area contributed by atoms with Crippen molar-refractivity contribution in [1.29, 1.82) is 0 Å². The molecule has 3 aliphatic rings. The van der Waals surface area contributed by atoms with E-state index in [0.717, 1.165) is 83.5 Å². The van der Waals surface area contributed by atoms with Crippen LogP contribution in [0.5, 0.6) is 0 Å². The summed E-state index contributed by atoms with van der Waals surface area (Å²) in [7, 11) is 0. The molecule has 0 N–H and O–H groups in total. The summed E-state index contributed by atoms with van der Waals surface area (Å²) in [6.07, 6.45) is 4.12. The van der Waals surface area contributed by atoms with Crippen molar-refractivity contribution < 1.29 is 9.53 Å². The number of hydrogen-bond acceptors (Lipinski definition) is 6. The largest absolute Gasteiger partial charge is 0.378 e. The molecular weight excluding hydrogens is 342 g/mol. The first-order valence-corrected chi connectivity index (χ1v) is 10.4. The minimum Gasteiger partial charge on any atom is -0.378 e. The first-order valence-electron chi connectivity index (χ1n) is 10.4. The number of nitrogens with zero attached hydrogens (tertiary/aromatic N) is 5. The third-order valence-electron chi connectivity index (χ3n) is 5.96. The van der Waals surface area contributed by atoms with Gasteiger partial charge in [-0.05, 0) is 32.7 Å². The lowest BCUT2D eigenvalue weighted by Gasteiger charge is -2.34. The Kier molecular flexibility index (Phi) is 5.88. The summed E-state index contributed by atoms with van der Waals surface area (Å²) in [4.78, 5) is 28.1. The summed E-state index contributed by atoms with van der Waals surface area (Å²) in [6.45, 7) is 10.3. The molecule has 7 nitrogen and oxygen atoms in total. The van der Waals surface area contributed by atoms with Crippen molar-refractivity contribution in [2.75, 3.05) is 63.9 Å². The normalized spacial score (nSPS) is 24.6. The van der Waals surface area contributed by atoms with Crippen LogP contribution >= 0.6 is 0 Å². The Labute approximate surface area is 161 Å². The summed E-state index contributed by atoms with van der Waals surface area (Å²) in [5, 5.41) is 0. The van der Waals surface area contributed by atoms with Gasteiger partial charge in [0.2, 0.25) is 5.91 Å². The number of carbonyl (C=O) groups excluding carboxylic acids is 1. The quantitative estimate of drug-likeness (QED) is 0.778. The number of carbonyl (C=O) groups is 1. The van der Waals surface area contributed by atoms with E-state index in [-0.39, 0.29) is 0 Å². The number of aryl methyl sites for hydroxylation is 1. The highest BCUT2D eigenvalue weighted by Gasteiger charge is 2.26. The highest BCUT2D eigenvalue weighted by atomic mass is 16.5. The molecule has 148 valence electrons. The molecule has 0 aliphatic carbocycles. The molecule has 0 radical (unpaired) electrons. The van der Waals surface area contributed by atoms with Crippen molar-refractivity contribution in [3.05, 3.63) is 17.6 Å². The Morgan fingerprint density at radius 3 is 2.74 bits per heavy atom. The van der Waals surface area contributed by atoms with Crippen LogP contribution in [-0.2, 0) is 9.53 Å². The zero-order valence-electron chi connectivity index (χ0n) is 16.4.